The Morgan fingerprint density at radius 3 is 2.69 bits per heavy atom. The van der Waals surface area contributed by atoms with Gasteiger partial charge in [0, 0.05) is 20.1 Å². The summed E-state index contributed by atoms with van der Waals surface area (Å²) in [5.41, 5.74) is 0.986. The number of likely N-dealkylation sites (N-methyl/N-ethyl adjacent to an activating group) is 1. The van der Waals surface area contributed by atoms with Crippen LogP contribution in [-0.2, 0) is 4.79 Å². The van der Waals surface area contributed by atoms with E-state index in [4.69, 9.17) is 0 Å². The Labute approximate surface area is 80.1 Å². The maximum Gasteiger partial charge on any atom is 0.236 e. The van der Waals surface area contributed by atoms with E-state index in [1.165, 1.54) is 0 Å². The molecule has 0 saturated heterocycles. The van der Waals surface area contributed by atoms with E-state index in [0.717, 1.165) is 5.57 Å². The molecule has 0 aromatic rings. The molecule has 0 aliphatic carbocycles. The summed E-state index contributed by atoms with van der Waals surface area (Å²) in [4.78, 5) is 13.0. The molecule has 1 N–H and O–H groups in total. The van der Waals surface area contributed by atoms with Crippen molar-refractivity contribution in [3.63, 3.8) is 0 Å². The van der Waals surface area contributed by atoms with Gasteiger partial charge in [-0.05, 0) is 6.92 Å². The van der Waals surface area contributed by atoms with Crippen LogP contribution in [0.15, 0.2) is 24.8 Å². The number of hydrogen-bond acceptors (Lipinski definition) is 2. The zero-order valence-corrected chi connectivity index (χ0v) is 8.47. The third kappa shape index (κ3) is 6.11. The van der Waals surface area contributed by atoms with E-state index < -0.39 is 0 Å². The number of rotatable bonds is 6. The summed E-state index contributed by atoms with van der Waals surface area (Å²) in [6.45, 7) is 10.8. The lowest BCUT2D eigenvalue weighted by molar-refractivity contribution is -0.128. The van der Waals surface area contributed by atoms with Gasteiger partial charge >= 0.3 is 0 Å². The standard InChI is InChI=1S/C10H18N2O/c1-5-6-11-7-10(13)12(4)8-9(2)3/h5,11H,1-2,6-8H2,3-4H3. The van der Waals surface area contributed by atoms with Crippen molar-refractivity contribution in [3.8, 4) is 0 Å². The molecule has 0 aliphatic rings. The van der Waals surface area contributed by atoms with Gasteiger partial charge in [-0.25, -0.2) is 0 Å². The normalized spacial score (nSPS) is 9.38. The summed E-state index contributed by atoms with van der Waals surface area (Å²) < 4.78 is 0. The fraction of sp³-hybridized carbons (Fsp3) is 0.500. The van der Waals surface area contributed by atoms with Crippen LogP contribution < -0.4 is 5.32 Å². The van der Waals surface area contributed by atoms with E-state index in [9.17, 15) is 4.79 Å². The highest BCUT2D eigenvalue weighted by Crippen LogP contribution is 1.92. The van der Waals surface area contributed by atoms with Crippen molar-refractivity contribution in [2.75, 3.05) is 26.7 Å². The van der Waals surface area contributed by atoms with Crippen molar-refractivity contribution < 1.29 is 4.79 Å². The molecule has 0 atom stereocenters. The molecule has 0 radical (unpaired) electrons. The SMILES string of the molecule is C=CCNCC(=O)N(C)CC(=C)C. The Morgan fingerprint density at radius 1 is 1.62 bits per heavy atom. The molecular weight excluding hydrogens is 164 g/mol. The van der Waals surface area contributed by atoms with Gasteiger partial charge in [0.05, 0.1) is 6.54 Å². The summed E-state index contributed by atoms with van der Waals surface area (Å²) >= 11 is 0. The molecule has 0 unspecified atom stereocenters. The van der Waals surface area contributed by atoms with Crippen LogP contribution in [0.3, 0.4) is 0 Å². The lowest BCUT2D eigenvalue weighted by Crippen LogP contribution is -2.36. The fourth-order valence-electron chi connectivity index (χ4n) is 0.909. The Balaban J connectivity index is 3.69. The van der Waals surface area contributed by atoms with Gasteiger partial charge in [-0.2, -0.15) is 0 Å². The predicted octanol–water partition coefficient (Wildman–Crippen LogP) is 0.796. The van der Waals surface area contributed by atoms with Gasteiger partial charge < -0.3 is 10.2 Å². The molecular formula is C10H18N2O. The second kappa shape index (κ2) is 6.43. The lowest BCUT2D eigenvalue weighted by Gasteiger charge is -2.16. The molecule has 0 heterocycles. The van der Waals surface area contributed by atoms with E-state index >= 15 is 0 Å². The Hall–Kier alpha value is -1.09. The number of carbonyl (C=O) groups is 1. The molecule has 1 amide bonds. The van der Waals surface area contributed by atoms with Crippen molar-refractivity contribution in [2.45, 2.75) is 6.92 Å². The average molecular weight is 182 g/mol. The van der Waals surface area contributed by atoms with Crippen LogP contribution in [-0.4, -0.2) is 37.5 Å². The molecule has 13 heavy (non-hydrogen) atoms. The second-order valence-corrected chi connectivity index (χ2v) is 3.13. The van der Waals surface area contributed by atoms with Gasteiger partial charge in [0.25, 0.3) is 0 Å². The molecule has 0 aromatic heterocycles. The van der Waals surface area contributed by atoms with Crippen LogP contribution in [0.25, 0.3) is 0 Å². The smallest absolute Gasteiger partial charge is 0.236 e. The molecule has 3 nitrogen and oxygen atoms in total. The van der Waals surface area contributed by atoms with E-state index in [2.05, 4.69) is 18.5 Å². The van der Waals surface area contributed by atoms with Crippen LogP contribution in [0.2, 0.25) is 0 Å². The molecule has 0 aromatic carbocycles. The number of nitrogens with one attached hydrogen (secondary N) is 1. The van der Waals surface area contributed by atoms with Crippen LogP contribution in [0.1, 0.15) is 6.92 Å². The molecule has 0 rings (SSSR count). The molecule has 0 spiro atoms. The molecule has 0 saturated carbocycles. The predicted molar refractivity (Wildman–Crippen MR) is 55.5 cm³/mol. The first kappa shape index (κ1) is 11.9. The molecule has 74 valence electrons. The van der Waals surface area contributed by atoms with Gasteiger partial charge in [0.1, 0.15) is 0 Å². The van der Waals surface area contributed by atoms with Gasteiger partial charge in [0.15, 0.2) is 0 Å². The average Bonchev–Trinajstić information content (AvgIpc) is 2.03. The van der Waals surface area contributed by atoms with Crippen molar-refractivity contribution in [1.29, 1.82) is 0 Å². The van der Waals surface area contributed by atoms with Gasteiger partial charge in [-0.3, -0.25) is 4.79 Å². The fourth-order valence-corrected chi connectivity index (χ4v) is 0.909. The molecule has 0 fully saturated rings. The Kier molecular flexibility index (Phi) is 5.89. The second-order valence-electron chi connectivity index (χ2n) is 3.13. The first-order chi connectivity index (χ1) is 6.07. The highest BCUT2D eigenvalue weighted by Gasteiger charge is 2.06. The summed E-state index contributed by atoms with van der Waals surface area (Å²) in [5, 5.41) is 2.95. The van der Waals surface area contributed by atoms with Crippen LogP contribution in [0.5, 0.6) is 0 Å². The molecule has 3 heteroatoms. The summed E-state index contributed by atoms with van der Waals surface area (Å²) in [5.74, 6) is 0.0739. The molecule has 0 aliphatic heterocycles. The topological polar surface area (TPSA) is 32.3 Å². The summed E-state index contributed by atoms with van der Waals surface area (Å²) in [7, 11) is 1.77. The van der Waals surface area contributed by atoms with Crippen molar-refractivity contribution >= 4 is 5.91 Å². The van der Waals surface area contributed by atoms with Gasteiger partial charge in [0.2, 0.25) is 5.91 Å². The van der Waals surface area contributed by atoms with Crippen molar-refractivity contribution in [1.82, 2.24) is 10.2 Å². The maximum absolute atomic E-state index is 11.3. The number of amides is 1. The van der Waals surface area contributed by atoms with E-state index in [1.54, 1.807) is 18.0 Å². The van der Waals surface area contributed by atoms with E-state index in [1.807, 2.05) is 6.92 Å². The number of nitrogens with zero attached hydrogens (tertiary/aromatic N) is 1. The summed E-state index contributed by atoms with van der Waals surface area (Å²) in [6, 6.07) is 0. The number of hydrogen-bond donors (Lipinski definition) is 1. The van der Waals surface area contributed by atoms with Crippen LogP contribution >= 0.6 is 0 Å². The third-order valence-corrected chi connectivity index (χ3v) is 1.50. The maximum atomic E-state index is 11.3. The highest BCUT2D eigenvalue weighted by atomic mass is 16.2. The van der Waals surface area contributed by atoms with Crippen LogP contribution in [0, 0.1) is 0 Å². The zero-order valence-electron chi connectivity index (χ0n) is 8.47. The minimum atomic E-state index is 0.0739. The largest absolute Gasteiger partial charge is 0.341 e. The van der Waals surface area contributed by atoms with Crippen LogP contribution in [0.4, 0.5) is 0 Å². The van der Waals surface area contributed by atoms with Crippen molar-refractivity contribution in [2.24, 2.45) is 0 Å². The lowest BCUT2D eigenvalue weighted by atomic mass is 10.3. The van der Waals surface area contributed by atoms with Crippen molar-refractivity contribution in [3.05, 3.63) is 24.8 Å². The zero-order chi connectivity index (χ0) is 10.3. The Bertz CT molecular complexity index is 199. The quantitative estimate of drug-likeness (QED) is 0.486. The first-order valence-corrected chi connectivity index (χ1v) is 4.28. The van der Waals surface area contributed by atoms with E-state index in [-0.39, 0.29) is 5.91 Å². The van der Waals surface area contributed by atoms with E-state index in [0.29, 0.717) is 19.6 Å². The van der Waals surface area contributed by atoms with Gasteiger partial charge in [-0.15, -0.1) is 6.58 Å². The molecule has 0 bridgehead atoms. The number of carbonyl (C=O) groups excluding carboxylic acids is 1. The summed E-state index contributed by atoms with van der Waals surface area (Å²) in [6.07, 6.45) is 1.73. The Morgan fingerprint density at radius 2 is 2.23 bits per heavy atom. The third-order valence-electron chi connectivity index (χ3n) is 1.50. The highest BCUT2D eigenvalue weighted by molar-refractivity contribution is 5.78. The first-order valence-electron chi connectivity index (χ1n) is 4.28. The minimum absolute atomic E-state index is 0.0739. The monoisotopic (exact) mass is 182 g/mol. The minimum Gasteiger partial charge on any atom is -0.341 e. The van der Waals surface area contributed by atoms with Gasteiger partial charge in [-0.1, -0.05) is 18.2 Å².